The fourth-order valence-electron chi connectivity index (χ4n) is 3.45. The third-order valence-electron chi connectivity index (χ3n) is 4.19. The van der Waals surface area contributed by atoms with Crippen molar-refractivity contribution in [2.45, 2.75) is 38.1 Å². The van der Waals surface area contributed by atoms with Crippen molar-refractivity contribution in [3.05, 3.63) is 41.5 Å². The molecular weight excluding hydrogens is 194 g/mol. The van der Waals surface area contributed by atoms with Crippen molar-refractivity contribution in [1.82, 2.24) is 0 Å². The molecule has 1 aliphatic carbocycles. The zero-order valence-corrected chi connectivity index (χ0v) is 10.2. The Bertz CT molecular complexity index is 447. The van der Waals surface area contributed by atoms with Crippen LogP contribution in [0.4, 0.5) is 5.69 Å². The summed E-state index contributed by atoms with van der Waals surface area (Å²) in [7, 11) is 2.22. The third-order valence-corrected chi connectivity index (χ3v) is 4.19. The van der Waals surface area contributed by atoms with E-state index in [0.29, 0.717) is 12.0 Å². The van der Waals surface area contributed by atoms with Crippen LogP contribution in [0.3, 0.4) is 0 Å². The first-order valence-corrected chi connectivity index (χ1v) is 6.19. The van der Waals surface area contributed by atoms with Crippen LogP contribution < -0.4 is 4.90 Å². The maximum atomic E-state index is 4.27. The Labute approximate surface area is 97.8 Å². The molecule has 0 bridgehead atoms. The van der Waals surface area contributed by atoms with Crippen molar-refractivity contribution >= 4 is 5.69 Å². The molecule has 0 spiro atoms. The lowest BCUT2D eigenvalue weighted by Crippen LogP contribution is -2.34. The van der Waals surface area contributed by atoms with E-state index in [1.807, 2.05) is 0 Å². The van der Waals surface area contributed by atoms with E-state index in [4.69, 9.17) is 0 Å². The van der Waals surface area contributed by atoms with Crippen LogP contribution in [-0.4, -0.2) is 13.1 Å². The summed E-state index contributed by atoms with van der Waals surface area (Å²) < 4.78 is 0. The molecule has 2 unspecified atom stereocenters. The number of benzene rings is 1. The molecule has 16 heavy (non-hydrogen) atoms. The van der Waals surface area contributed by atoms with Gasteiger partial charge in [-0.15, -0.1) is 0 Å². The van der Waals surface area contributed by atoms with Crippen LogP contribution in [0, 0.1) is 6.92 Å². The molecule has 1 heteroatoms. The second-order valence-corrected chi connectivity index (χ2v) is 5.27. The highest BCUT2D eigenvalue weighted by atomic mass is 15.2. The fraction of sp³-hybridized carbons (Fsp3) is 0.467. The lowest BCUT2D eigenvalue weighted by Gasteiger charge is -2.32. The highest BCUT2D eigenvalue weighted by Crippen LogP contribution is 2.48. The Morgan fingerprint density at radius 1 is 1.38 bits per heavy atom. The largest absolute Gasteiger partial charge is 0.367 e. The second-order valence-electron chi connectivity index (χ2n) is 5.27. The van der Waals surface area contributed by atoms with Gasteiger partial charge in [0.1, 0.15) is 0 Å². The summed E-state index contributed by atoms with van der Waals surface area (Å²) in [5, 5.41) is 0. The minimum atomic E-state index is 0.561. The maximum absolute atomic E-state index is 4.27. The van der Waals surface area contributed by atoms with E-state index in [-0.39, 0.29) is 0 Å². The maximum Gasteiger partial charge on any atom is 0.0565 e. The minimum Gasteiger partial charge on any atom is -0.367 e. The van der Waals surface area contributed by atoms with Gasteiger partial charge in [0.2, 0.25) is 0 Å². The Balaban J connectivity index is 2.11. The number of fused-ring (bicyclic) bond motifs is 3. The van der Waals surface area contributed by atoms with Crippen LogP contribution in [0.2, 0.25) is 0 Å². The van der Waals surface area contributed by atoms with E-state index in [1.54, 1.807) is 5.56 Å². The van der Waals surface area contributed by atoms with E-state index in [9.17, 15) is 0 Å². The third kappa shape index (κ3) is 1.24. The Morgan fingerprint density at radius 3 is 3.00 bits per heavy atom. The SMILES string of the molecule is C=C1CCCC2c3cc(C)ccc3N(C)C12. The molecule has 0 aromatic heterocycles. The minimum absolute atomic E-state index is 0.561. The van der Waals surface area contributed by atoms with Gasteiger partial charge < -0.3 is 4.90 Å². The first kappa shape index (κ1) is 9.95. The normalized spacial score (nSPS) is 27.9. The Morgan fingerprint density at radius 2 is 2.19 bits per heavy atom. The van der Waals surface area contributed by atoms with Crippen molar-refractivity contribution in [2.75, 3.05) is 11.9 Å². The molecule has 0 N–H and O–H groups in total. The summed E-state index contributed by atoms with van der Waals surface area (Å²) in [6.07, 6.45) is 3.84. The van der Waals surface area contributed by atoms with Gasteiger partial charge in [-0.05, 0) is 37.8 Å². The van der Waals surface area contributed by atoms with Crippen LogP contribution in [0.5, 0.6) is 0 Å². The highest BCUT2D eigenvalue weighted by molar-refractivity contribution is 5.64. The first-order valence-electron chi connectivity index (χ1n) is 6.19. The fourth-order valence-corrected chi connectivity index (χ4v) is 3.45. The molecule has 1 heterocycles. The van der Waals surface area contributed by atoms with E-state index in [0.717, 1.165) is 0 Å². The number of aryl methyl sites for hydroxylation is 1. The topological polar surface area (TPSA) is 3.24 Å². The van der Waals surface area contributed by atoms with E-state index in [1.165, 1.54) is 36.1 Å². The summed E-state index contributed by atoms with van der Waals surface area (Å²) in [6, 6.07) is 7.42. The number of hydrogen-bond donors (Lipinski definition) is 0. The average Bonchev–Trinajstić information content (AvgIpc) is 2.54. The molecule has 1 saturated carbocycles. The van der Waals surface area contributed by atoms with Crippen LogP contribution in [0.25, 0.3) is 0 Å². The molecule has 1 aliphatic heterocycles. The molecule has 1 aromatic carbocycles. The number of rotatable bonds is 0. The molecule has 0 radical (unpaired) electrons. The van der Waals surface area contributed by atoms with Crippen LogP contribution in [0.1, 0.15) is 36.3 Å². The van der Waals surface area contributed by atoms with Gasteiger partial charge in [0.15, 0.2) is 0 Å². The van der Waals surface area contributed by atoms with Gasteiger partial charge in [0.25, 0.3) is 0 Å². The monoisotopic (exact) mass is 213 g/mol. The molecule has 1 nitrogen and oxygen atoms in total. The van der Waals surface area contributed by atoms with Gasteiger partial charge in [0.05, 0.1) is 6.04 Å². The first-order chi connectivity index (χ1) is 7.68. The zero-order chi connectivity index (χ0) is 11.3. The smallest absolute Gasteiger partial charge is 0.0565 e. The van der Waals surface area contributed by atoms with Crippen LogP contribution in [0.15, 0.2) is 30.4 Å². The van der Waals surface area contributed by atoms with Crippen molar-refractivity contribution < 1.29 is 0 Å². The lowest BCUT2D eigenvalue weighted by molar-refractivity contribution is 0.479. The molecule has 84 valence electrons. The van der Waals surface area contributed by atoms with Crippen LogP contribution >= 0.6 is 0 Å². The molecule has 2 aliphatic rings. The number of nitrogens with zero attached hydrogens (tertiary/aromatic N) is 1. The number of hydrogen-bond acceptors (Lipinski definition) is 1. The molecule has 2 atom stereocenters. The van der Waals surface area contributed by atoms with E-state index < -0.39 is 0 Å². The van der Waals surface area contributed by atoms with Gasteiger partial charge in [-0.2, -0.15) is 0 Å². The van der Waals surface area contributed by atoms with Crippen molar-refractivity contribution in [3.8, 4) is 0 Å². The van der Waals surface area contributed by atoms with Gasteiger partial charge in [-0.3, -0.25) is 0 Å². The summed E-state index contributed by atoms with van der Waals surface area (Å²) in [5.41, 5.74) is 5.77. The molecular formula is C15H19N. The Hall–Kier alpha value is -1.24. The zero-order valence-electron chi connectivity index (χ0n) is 10.2. The summed E-state index contributed by atoms with van der Waals surface area (Å²) in [6.45, 7) is 6.46. The summed E-state index contributed by atoms with van der Waals surface area (Å²) in [4.78, 5) is 2.43. The standard InChI is InChI=1S/C15H19N/c1-10-7-8-14-13(9-10)12-6-4-5-11(2)15(12)16(14)3/h7-9,12,15H,2,4-6H2,1,3H3. The van der Waals surface area contributed by atoms with Gasteiger partial charge in [-0.25, -0.2) is 0 Å². The van der Waals surface area contributed by atoms with Gasteiger partial charge >= 0.3 is 0 Å². The van der Waals surface area contributed by atoms with Gasteiger partial charge in [-0.1, -0.05) is 29.8 Å². The summed E-state index contributed by atoms with van der Waals surface area (Å²) >= 11 is 0. The average molecular weight is 213 g/mol. The lowest BCUT2D eigenvalue weighted by atomic mass is 9.80. The predicted octanol–water partition coefficient (Wildman–Crippen LogP) is 3.64. The molecule has 3 rings (SSSR count). The van der Waals surface area contributed by atoms with Crippen molar-refractivity contribution in [1.29, 1.82) is 0 Å². The predicted molar refractivity (Wildman–Crippen MR) is 69.1 cm³/mol. The van der Waals surface area contributed by atoms with Crippen LogP contribution in [-0.2, 0) is 0 Å². The van der Waals surface area contributed by atoms with E-state index in [2.05, 4.69) is 43.6 Å². The number of likely N-dealkylation sites (N-methyl/N-ethyl adjacent to an activating group) is 1. The number of anilines is 1. The molecule has 0 saturated heterocycles. The molecule has 1 fully saturated rings. The Kier molecular flexibility index (Phi) is 2.10. The summed E-state index contributed by atoms with van der Waals surface area (Å²) in [5.74, 6) is 0.696. The van der Waals surface area contributed by atoms with E-state index >= 15 is 0 Å². The highest BCUT2D eigenvalue weighted by Gasteiger charge is 2.39. The molecule has 1 aromatic rings. The second kappa shape index (κ2) is 3.38. The van der Waals surface area contributed by atoms with Crippen molar-refractivity contribution in [2.24, 2.45) is 0 Å². The van der Waals surface area contributed by atoms with Gasteiger partial charge in [0, 0.05) is 18.7 Å². The quantitative estimate of drug-likeness (QED) is 0.595. The van der Waals surface area contributed by atoms with Crippen molar-refractivity contribution in [3.63, 3.8) is 0 Å². The molecule has 0 amide bonds.